The minimum absolute atomic E-state index is 0.152. The van der Waals surface area contributed by atoms with Gasteiger partial charge in [0.15, 0.2) is 17.6 Å². The minimum Gasteiger partial charge on any atom is -0.496 e. The third-order valence-electron chi connectivity index (χ3n) is 3.62. The lowest BCUT2D eigenvalue weighted by atomic mass is 10.2. The fourth-order valence-electron chi connectivity index (χ4n) is 2.31. The Kier molecular flexibility index (Phi) is 4.74. The zero-order valence-corrected chi connectivity index (χ0v) is 13.8. The molecule has 1 atom stereocenters. The van der Waals surface area contributed by atoms with E-state index in [1.165, 1.54) is 14.0 Å². The first-order valence-corrected chi connectivity index (χ1v) is 7.63. The second-order valence-corrected chi connectivity index (χ2v) is 5.31. The van der Waals surface area contributed by atoms with Gasteiger partial charge < -0.3 is 24.3 Å². The van der Waals surface area contributed by atoms with E-state index in [-0.39, 0.29) is 12.4 Å². The van der Waals surface area contributed by atoms with Gasteiger partial charge in [-0.05, 0) is 31.2 Å². The van der Waals surface area contributed by atoms with E-state index in [1.807, 2.05) is 0 Å². The van der Waals surface area contributed by atoms with Crippen LogP contribution in [0.4, 0.5) is 5.69 Å². The van der Waals surface area contributed by atoms with Crippen molar-refractivity contribution in [2.45, 2.75) is 13.0 Å². The third-order valence-corrected chi connectivity index (χ3v) is 3.62. The number of nitrogens with one attached hydrogen (secondary N) is 1. The van der Waals surface area contributed by atoms with Crippen molar-refractivity contribution in [1.82, 2.24) is 0 Å². The topological polar surface area (TPSA) is 83.1 Å². The van der Waals surface area contributed by atoms with E-state index in [1.54, 1.807) is 42.5 Å². The molecule has 130 valence electrons. The van der Waals surface area contributed by atoms with Crippen molar-refractivity contribution in [3.05, 3.63) is 48.0 Å². The molecule has 3 rings (SSSR count). The van der Waals surface area contributed by atoms with Crippen LogP contribution in [0.5, 0.6) is 17.2 Å². The van der Waals surface area contributed by atoms with Crippen molar-refractivity contribution in [3.8, 4) is 17.2 Å². The fraction of sp³-hybridized carbons (Fsp3) is 0.222. The van der Waals surface area contributed by atoms with E-state index in [0.717, 1.165) is 0 Å². The molecule has 1 amide bonds. The zero-order valence-electron chi connectivity index (χ0n) is 13.8. The van der Waals surface area contributed by atoms with Gasteiger partial charge >= 0.3 is 5.97 Å². The molecule has 0 aliphatic carbocycles. The van der Waals surface area contributed by atoms with E-state index < -0.39 is 18.0 Å². The predicted molar refractivity (Wildman–Crippen MR) is 89.1 cm³/mol. The Labute approximate surface area is 144 Å². The van der Waals surface area contributed by atoms with E-state index in [4.69, 9.17) is 18.9 Å². The highest BCUT2D eigenvalue weighted by atomic mass is 16.7. The van der Waals surface area contributed by atoms with E-state index in [0.29, 0.717) is 22.9 Å². The number of ether oxygens (including phenoxy) is 4. The predicted octanol–water partition coefficient (Wildman–Crippen LogP) is 2.61. The van der Waals surface area contributed by atoms with Crippen molar-refractivity contribution in [3.63, 3.8) is 0 Å². The van der Waals surface area contributed by atoms with Crippen LogP contribution >= 0.6 is 0 Å². The first-order valence-electron chi connectivity index (χ1n) is 7.63. The molecule has 1 aliphatic heterocycles. The second kappa shape index (κ2) is 7.12. The van der Waals surface area contributed by atoms with Gasteiger partial charge in [-0.1, -0.05) is 12.1 Å². The Morgan fingerprint density at radius 3 is 2.68 bits per heavy atom. The monoisotopic (exact) mass is 343 g/mol. The SMILES string of the molecule is COc1ccccc1C(=O)OC(C)C(=O)Nc1ccc2c(c1)OCO2. The van der Waals surface area contributed by atoms with Crippen LogP contribution in [0.15, 0.2) is 42.5 Å². The first-order chi connectivity index (χ1) is 12.1. The molecule has 1 unspecified atom stereocenters. The zero-order chi connectivity index (χ0) is 17.8. The first kappa shape index (κ1) is 16.6. The number of benzene rings is 2. The number of amides is 1. The summed E-state index contributed by atoms with van der Waals surface area (Å²) in [7, 11) is 1.46. The molecule has 0 fully saturated rings. The van der Waals surface area contributed by atoms with Crippen LogP contribution in [0.3, 0.4) is 0 Å². The van der Waals surface area contributed by atoms with Crippen molar-refractivity contribution in [1.29, 1.82) is 0 Å². The molecule has 2 aromatic rings. The van der Waals surface area contributed by atoms with E-state index in [9.17, 15) is 9.59 Å². The molecule has 2 aromatic carbocycles. The number of para-hydroxylation sites is 1. The largest absolute Gasteiger partial charge is 0.496 e. The van der Waals surface area contributed by atoms with Gasteiger partial charge in [0.1, 0.15) is 11.3 Å². The Morgan fingerprint density at radius 2 is 1.88 bits per heavy atom. The van der Waals surface area contributed by atoms with Gasteiger partial charge in [0.2, 0.25) is 6.79 Å². The molecule has 7 heteroatoms. The number of carbonyl (C=O) groups is 2. The Hall–Kier alpha value is -3.22. The van der Waals surface area contributed by atoms with Crippen LogP contribution in [-0.2, 0) is 9.53 Å². The number of rotatable bonds is 5. The normalized spacial score (nSPS) is 13.0. The molecule has 1 aliphatic rings. The molecule has 0 aromatic heterocycles. The molecule has 0 radical (unpaired) electrons. The smallest absolute Gasteiger partial charge is 0.342 e. The van der Waals surface area contributed by atoms with E-state index >= 15 is 0 Å². The number of anilines is 1. The van der Waals surface area contributed by atoms with Crippen LogP contribution < -0.4 is 19.5 Å². The number of fused-ring (bicyclic) bond motifs is 1. The molecule has 25 heavy (non-hydrogen) atoms. The van der Waals surface area contributed by atoms with Crippen LogP contribution in [0.25, 0.3) is 0 Å². The maximum Gasteiger partial charge on any atom is 0.342 e. The molecule has 0 saturated carbocycles. The summed E-state index contributed by atoms with van der Waals surface area (Å²) in [6.07, 6.45) is -0.983. The minimum atomic E-state index is -0.983. The number of esters is 1. The van der Waals surface area contributed by atoms with Crippen molar-refractivity contribution >= 4 is 17.6 Å². The summed E-state index contributed by atoms with van der Waals surface area (Å²) in [5.41, 5.74) is 0.780. The molecule has 1 N–H and O–H groups in total. The van der Waals surface area contributed by atoms with Crippen LogP contribution in [0.2, 0.25) is 0 Å². The number of methoxy groups -OCH3 is 1. The van der Waals surface area contributed by atoms with Gasteiger partial charge in [-0.15, -0.1) is 0 Å². The molecule has 0 spiro atoms. The maximum absolute atomic E-state index is 12.2. The van der Waals surface area contributed by atoms with Gasteiger partial charge in [-0.2, -0.15) is 0 Å². The molecule has 0 saturated heterocycles. The Balaban J connectivity index is 1.63. The quantitative estimate of drug-likeness (QED) is 0.840. The number of hydrogen-bond donors (Lipinski definition) is 1. The lowest BCUT2D eigenvalue weighted by molar-refractivity contribution is -0.123. The average Bonchev–Trinajstić information content (AvgIpc) is 3.09. The Bertz CT molecular complexity index is 804. The summed E-state index contributed by atoms with van der Waals surface area (Å²) in [4.78, 5) is 24.5. The molecular weight excluding hydrogens is 326 g/mol. The highest BCUT2D eigenvalue weighted by molar-refractivity contribution is 5.98. The summed E-state index contributed by atoms with van der Waals surface area (Å²) in [5, 5.41) is 2.67. The summed E-state index contributed by atoms with van der Waals surface area (Å²) in [5.74, 6) is 0.467. The molecule has 1 heterocycles. The maximum atomic E-state index is 12.2. The third kappa shape index (κ3) is 3.65. The van der Waals surface area contributed by atoms with Crippen molar-refractivity contribution in [2.24, 2.45) is 0 Å². The highest BCUT2D eigenvalue weighted by Gasteiger charge is 2.22. The molecule has 0 bridgehead atoms. The summed E-state index contributed by atoms with van der Waals surface area (Å²) in [6, 6.07) is 11.7. The second-order valence-electron chi connectivity index (χ2n) is 5.31. The van der Waals surface area contributed by atoms with Gasteiger partial charge in [0.25, 0.3) is 5.91 Å². The van der Waals surface area contributed by atoms with Gasteiger partial charge in [-0.25, -0.2) is 4.79 Å². The van der Waals surface area contributed by atoms with Crippen molar-refractivity contribution < 1.29 is 28.5 Å². The van der Waals surface area contributed by atoms with Crippen LogP contribution in [0, 0.1) is 0 Å². The van der Waals surface area contributed by atoms with Crippen LogP contribution in [-0.4, -0.2) is 31.9 Å². The van der Waals surface area contributed by atoms with Gasteiger partial charge in [-0.3, -0.25) is 4.79 Å². The summed E-state index contributed by atoms with van der Waals surface area (Å²) < 4.78 is 20.8. The van der Waals surface area contributed by atoms with E-state index in [2.05, 4.69) is 5.32 Å². The van der Waals surface area contributed by atoms with Crippen molar-refractivity contribution in [2.75, 3.05) is 19.2 Å². The number of carbonyl (C=O) groups excluding carboxylic acids is 2. The molecule has 7 nitrogen and oxygen atoms in total. The summed E-state index contributed by atoms with van der Waals surface area (Å²) in [6.45, 7) is 1.65. The average molecular weight is 343 g/mol. The fourth-order valence-corrected chi connectivity index (χ4v) is 2.31. The lowest BCUT2D eigenvalue weighted by Gasteiger charge is -2.15. The summed E-state index contributed by atoms with van der Waals surface area (Å²) >= 11 is 0. The standard InChI is InChI=1S/C18H17NO6/c1-11(25-18(21)13-5-3-4-6-14(13)22-2)17(20)19-12-7-8-15-16(9-12)24-10-23-15/h3-9,11H,10H2,1-2H3,(H,19,20). The lowest BCUT2D eigenvalue weighted by Crippen LogP contribution is -2.30. The number of hydrogen-bond acceptors (Lipinski definition) is 6. The van der Waals surface area contributed by atoms with Gasteiger partial charge in [0, 0.05) is 11.8 Å². The van der Waals surface area contributed by atoms with Crippen LogP contribution in [0.1, 0.15) is 17.3 Å². The highest BCUT2D eigenvalue weighted by Crippen LogP contribution is 2.34. The van der Waals surface area contributed by atoms with Gasteiger partial charge in [0.05, 0.1) is 7.11 Å². The Morgan fingerprint density at radius 1 is 1.12 bits per heavy atom. The molecular formula is C18H17NO6.